The van der Waals surface area contributed by atoms with E-state index in [0.717, 1.165) is 54.5 Å². The Hall–Kier alpha value is -3.15. The first kappa shape index (κ1) is 19.8. The van der Waals surface area contributed by atoms with Gasteiger partial charge in [0, 0.05) is 17.4 Å². The molecule has 0 bridgehead atoms. The number of nitrogens with one attached hydrogen (secondary N) is 1. The summed E-state index contributed by atoms with van der Waals surface area (Å²) in [7, 11) is 0. The van der Waals surface area contributed by atoms with Gasteiger partial charge in [0.2, 0.25) is 5.91 Å². The van der Waals surface area contributed by atoms with E-state index in [1.807, 2.05) is 49.4 Å². The van der Waals surface area contributed by atoms with Crippen LogP contribution in [0, 0.1) is 6.92 Å². The Labute approximate surface area is 181 Å². The molecule has 1 aromatic heterocycles. The number of aryl methyl sites for hydroxylation is 1. The highest BCUT2D eigenvalue weighted by Crippen LogP contribution is 2.45. The number of para-hydroxylation sites is 1. The Morgan fingerprint density at radius 3 is 2.61 bits per heavy atom. The Morgan fingerprint density at radius 2 is 1.81 bits per heavy atom. The summed E-state index contributed by atoms with van der Waals surface area (Å²) in [6.45, 7) is 1.76. The summed E-state index contributed by atoms with van der Waals surface area (Å²) in [5.74, 6) is 0.648. The van der Waals surface area contributed by atoms with Crippen LogP contribution in [0.15, 0.2) is 53.3 Å². The second kappa shape index (κ2) is 7.84. The molecule has 1 atom stereocenters. The number of carbonyl (C=O) groups is 1. The molecular formula is C25H27N3O3. The van der Waals surface area contributed by atoms with Gasteiger partial charge in [-0.1, -0.05) is 42.8 Å². The van der Waals surface area contributed by atoms with Crippen LogP contribution in [0.3, 0.4) is 0 Å². The first-order valence-corrected chi connectivity index (χ1v) is 11.1. The molecule has 31 heavy (non-hydrogen) atoms. The van der Waals surface area contributed by atoms with E-state index in [0.29, 0.717) is 5.39 Å². The van der Waals surface area contributed by atoms with Crippen molar-refractivity contribution in [2.75, 3.05) is 0 Å². The van der Waals surface area contributed by atoms with Crippen molar-refractivity contribution in [2.45, 2.75) is 63.6 Å². The predicted molar refractivity (Wildman–Crippen MR) is 119 cm³/mol. The highest BCUT2D eigenvalue weighted by Gasteiger charge is 2.42. The van der Waals surface area contributed by atoms with Gasteiger partial charge in [-0.3, -0.25) is 9.59 Å². The van der Waals surface area contributed by atoms with Crippen molar-refractivity contribution in [3.63, 3.8) is 0 Å². The van der Waals surface area contributed by atoms with E-state index in [2.05, 4.69) is 10.4 Å². The molecule has 2 aromatic carbocycles. The molecule has 1 aliphatic carbocycles. The molecule has 0 unspecified atom stereocenters. The maximum absolute atomic E-state index is 13.0. The molecule has 2 aliphatic rings. The number of rotatable bonds is 3. The van der Waals surface area contributed by atoms with Crippen molar-refractivity contribution in [1.82, 2.24) is 15.1 Å². The van der Waals surface area contributed by atoms with E-state index in [9.17, 15) is 9.59 Å². The number of nitrogens with zero attached hydrogens (tertiary/aromatic N) is 2. The zero-order chi connectivity index (χ0) is 21.4. The molecule has 1 saturated carbocycles. The van der Waals surface area contributed by atoms with E-state index >= 15 is 0 Å². The summed E-state index contributed by atoms with van der Waals surface area (Å²) in [5.41, 5.74) is 1.29. The average molecular weight is 418 g/mol. The third-order valence-corrected chi connectivity index (χ3v) is 6.64. The smallest absolute Gasteiger partial charge is 0.275 e. The van der Waals surface area contributed by atoms with Gasteiger partial charge < -0.3 is 10.1 Å². The van der Waals surface area contributed by atoms with Crippen molar-refractivity contribution < 1.29 is 9.53 Å². The first-order chi connectivity index (χ1) is 15.0. The maximum Gasteiger partial charge on any atom is 0.275 e. The van der Waals surface area contributed by atoms with Gasteiger partial charge in [-0.05, 0) is 44.7 Å². The number of benzene rings is 2. The molecule has 1 spiro atoms. The first-order valence-electron chi connectivity index (χ1n) is 11.1. The van der Waals surface area contributed by atoms with Gasteiger partial charge in [0.05, 0.1) is 17.1 Å². The Morgan fingerprint density at radius 1 is 1.10 bits per heavy atom. The van der Waals surface area contributed by atoms with E-state index in [1.54, 1.807) is 6.07 Å². The van der Waals surface area contributed by atoms with Crippen molar-refractivity contribution in [1.29, 1.82) is 0 Å². The van der Waals surface area contributed by atoms with Crippen molar-refractivity contribution in [3.05, 3.63) is 70.1 Å². The van der Waals surface area contributed by atoms with Gasteiger partial charge in [0.25, 0.3) is 5.56 Å². The fraction of sp³-hybridized carbons (Fsp3) is 0.400. The molecule has 6 heteroatoms. The number of fused-ring (bicyclic) bond motifs is 2. The lowest BCUT2D eigenvalue weighted by atomic mass is 9.77. The van der Waals surface area contributed by atoms with Crippen LogP contribution in [0.25, 0.3) is 10.8 Å². The molecule has 1 fully saturated rings. The number of hydrogen-bond acceptors (Lipinski definition) is 4. The molecule has 0 radical (unpaired) electrons. The number of amides is 1. The van der Waals surface area contributed by atoms with Crippen LogP contribution in [-0.4, -0.2) is 21.3 Å². The van der Waals surface area contributed by atoms with Gasteiger partial charge in [0.15, 0.2) is 0 Å². The van der Waals surface area contributed by atoms with Crippen molar-refractivity contribution >= 4 is 16.7 Å². The van der Waals surface area contributed by atoms with Gasteiger partial charge in [-0.15, -0.1) is 0 Å². The highest BCUT2D eigenvalue weighted by molar-refractivity contribution is 5.83. The minimum atomic E-state index is -0.243. The molecule has 5 rings (SSSR count). The standard InChI is InChI=1S/C25H27N3O3/c1-17-18-9-3-4-10-19(18)24(30)28(27-17)16-23(29)26-21-15-25(13-7-2-8-14-25)31-22-12-6-5-11-20(21)22/h3-6,9-12,21H,2,7-8,13-16H2,1H3,(H,26,29)/t21-/m1/s1. The number of hydrogen-bond donors (Lipinski definition) is 1. The largest absolute Gasteiger partial charge is 0.487 e. The molecule has 0 saturated heterocycles. The molecule has 3 aromatic rings. The lowest BCUT2D eigenvalue weighted by molar-refractivity contribution is -0.123. The van der Waals surface area contributed by atoms with E-state index in [4.69, 9.17) is 4.74 Å². The topological polar surface area (TPSA) is 73.2 Å². The van der Waals surface area contributed by atoms with Crippen LogP contribution >= 0.6 is 0 Å². The average Bonchev–Trinajstić information content (AvgIpc) is 2.78. The summed E-state index contributed by atoms with van der Waals surface area (Å²) in [6.07, 6.45) is 6.32. The molecule has 6 nitrogen and oxygen atoms in total. The maximum atomic E-state index is 13.0. The number of ether oxygens (including phenoxy) is 1. The summed E-state index contributed by atoms with van der Waals surface area (Å²) < 4.78 is 7.73. The highest BCUT2D eigenvalue weighted by atomic mass is 16.5. The SMILES string of the molecule is Cc1nn(CC(=O)N[C@@H]2CC3(CCCCC3)Oc3ccccc32)c(=O)c2ccccc12. The number of aromatic nitrogens is 2. The molecule has 2 heterocycles. The monoisotopic (exact) mass is 417 g/mol. The summed E-state index contributed by atoms with van der Waals surface area (Å²) in [5, 5.41) is 8.96. The van der Waals surface area contributed by atoms with Crippen molar-refractivity contribution in [3.8, 4) is 5.75 Å². The molecule has 1 aliphatic heterocycles. The lowest BCUT2D eigenvalue weighted by Crippen LogP contribution is -2.47. The van der Waals surface area contributed by atoms with Crippen LogP contribution in [-0.2, 0) is 11.3 Å². The summed E-state index contributed by atoms with van der Waals surface area (Å²) in [6, 6.07) is 15.2. The summed E-state index contributed by atoms with van der Waals surface area (Å²) in [4.78, 5) is 25.9. The van der Waals surface area contributed by atoms with Gasteiger partial charge in [0.1, 0.15) is 17.9 Å². The normalized spacial score (nSPS) is 19.6. The third kappa shape index (κ3) is 3.71. The number of carbonyl (C=O) groups excluding carboxylic acids is 1. The third-order valence-electron chi connectivity index (χ3n) is 6.64. The second-order valence-corrected chi connectivity index (χ2v) is 8.80. The quantitative estimate of drug-likeness (QED) is 0.698. The van der Waals surface area contributed by atoms with Gasteiger partial charge in [-0.25, -0.2) is 4.68 Å². The fourth-order valence-corrected chi connectivity index (χ4v) is 5.14. The Balaban J connectivity index is 1.41. The molecule has 1 amide bonds. The van der Waals surface area contributed by atoms with Gasteiger partial charge in [-0.2, -0.15) is 5.10 Å². The van der Waals surface area contributed by atoms with Crippen LogP contribution in [0.1, 0.15) is 55.8 Å². The predicted octanol–water partition coefficient (Wildman–Crippen LogP) is 4.05. The molecular weight excluding hydrogens is 390 g/mol. The Bertz CT molecular complexity index is 1190. The molecule has 160 valence electrons. The minimum Gasteiger partial charge on any atom is -0.487 e. The fourth-order valence-electron chi connectivity index (χ4n) is 5.14. The second-order valence-electron chi connectivity index (χ2n) is 8.80. The zero-order valence-corrected chi connectivity index (χ0v) is 17.8. The minimum absolute atomic E-state index is 0.100. The van der Waals surface area contributed by atoms with Gasteiger partial charge >= 0.3 is 0 Å². The van der Waals surface area contributed by atoms with E-state index in [1.165, 1.54) is 11.1 Å². The Kier molecular flexibility index (Phi) is 5.00. The summed E-state index contributed by atoms with van der Waals surface area (Å²) >= 11 is 0. The molecule has 1 N–H and O–H groups in total. The zero-order valence-electron chi connectivity index (χ0n) is 17.8. The van der Waals surface area contributed by atoms with Crippen molar-refractivity contribution in [2.24, 2.45) is 0 Å². The van der Waals surface area contributed by atoms with E-state index in [-0.39, 0.29) is 29.7 Å². The van der Waals surface area contributed by atoms with Crippen LogP contribution in [0.4, 0.5) is 0 Å². The lowest BCUT2D eigenvalue weighted by Gasteiger charge is -2.44. The van der Waals surface area contributed by atoms with E-state index < -0.39 is 0 Å². The van der Waals surface area contributed by atoms with Crippen LogP contribution < -0.4 is 15.6 Å². The van der Waals surface area contributed by atoms with Crippen LogP contribution in [0.5, 0.6) is 5.75 Å². The van der Waals surface area contributed by atoms with Crippen LogP contribution in [0.2, 0.25) is 0 Å².